The lowest BCUT2D eigenvalue weighted by Gasteiger charge is -2.32. The van der Waals surface area contributed by atoms with Crippen LogP contribution < -0.4 is 11.1 Å². The quantitative estimate of drug-likeness (QED) is 0.789. The van der Waals surface area contributed by atoms with Crippen molar-refractivity contribution in [3.8, 4) is 0 Å². The summed E-state index contributed by atoms with van der Waals surface area (Å²) in [6.07, 6.45) is 4.73. The maximum Gasteiger partial charge on any atom is 0.237 e. The number of hydrogen-bond acceptors (Lipinski definition) is 4. The van der Waals surface area contributed by atoms with Gasteiger partial charge in [0.2, 0.25) is 5.91 Å². The number of nitrogens with one attached hydrogen (secondary N) is 1. The van der Waals surface area contributed by atoms with E-state index in [2.05, 4.69) is 22.3 Å². The van der Waals surface area contributed by atoms with Crippen LogP contribution in [0.4, 0.5) is 0 Å². The standard InChI is InChI=1S/C17H26ClN3OS/c1-23-11-8-16(19)17(22)20-15-6-9-21(10-7-15)12-13-2-4-14(18)5-3-13/h2-5,15-16H,6-12,19H2,1H3,(H,20,22). The maximum absolute atomic E-state index is 12.1. The third-order valence-electron chi connectivity index (χ3n) is 4.22. The summed E-state index contributed by atoms with van der Waals surface area (Å²) in [6.45, 7) is 2.92. The van der Waals surface area contributed by atoms with E-state index in [-0.39, 0.29) is 18.0 Å². The third kappa shape index (κ3) is 6.34. The number of amides is 1. The van der Waals surface area contributed by atoms with Gasteiger partial charge in [-0.1, -0.05) is 23.7 Å². The zero-order valence-electron chi connectivity index (χ0n) is 13.6. The van der Waals surface area contributed by atoms with Crippen LogP contribution in [0.5, 0.6) is 0 Å². The SMILES string of the molecule is CSCCC(N)C(=O)NC1CCN(Cc2ccc(Cl)cc2)CC1. The number of carbonyl (C=O) groups excluding carboxylic acids is 1. The van der Waals surface area contributed by atoms with Crippen LogP contribution >= 0.6 is 23.4 Å². The molecule has 0 bridgehead atoms. The van der Waals surface area contributed by atoms with E-state index in [4.69, 9.17) is 17.3 Å². The molecule has 6 heteroatoms. The zero-order valence-corrected chi connectivity index (χ0v) is 15.2. The normalized spacial score (nSPS) is 17.9. The molecule has 1 fully saturated rings. The second-order valence-electron chi connectivity index (χ2n) is 6.07. The lowest BCUT2D eigenvalue weighted by molar-refractivity contribution is -0.123. The van der Waals surface area contributed by atoms with Crippen molar-refractivity contribution in [2.24, 2.45) is 5.73 Å². The minimum atomic E-state index is -0.380. The summed E-state index contributed by atoms with van der Waals surface area (Å²) in [6, 6.07) is 7.88. The summed E-state index contributed by atoms with van der Waals surface area (Å²) in [5, 5.41) is 3.87. The van der Waals surface area contributed by atoms with Gasteiger partial charge in [-0.25, -0.2) is 0 Å². The Bertz CT molecular complexity index is 489. The second kappa shape index (κ2) is 9.52. The minimum Gasteiger partial charge on any atom is -0.352 e. The van der Waals surface area contributed by atoms with Crippen LogP contribution in [0.15, 0.2) is 24.3 Å². The number of hydrogen-bond donors (Lipinski definition) is 2. The predicted molar refractivity (Wildman–Crippen MR) is 98.9 cm³/mol. The monoisotopic (exact) mass is 355 g/mol. The van der Waals surface area contributed by atoms with E-state index in [1.807, 2.05) is 18.4 Å². The molecule has 0 radical (unpaired) electrons. The summed E-state index contributed by atoms with van der Waals surface area (Å²) in [5.74, 6) is 0.920. The Morgan fingerprint density at radius 2 is 2.04 bits per heavy atom. The first kappa shape index (κ1) is 18.6. The summed E-state index contributed by atoms with van der Waals surface area (Å²) < 4.78 is 0. The average molecular weight is 356 g/mol. The Hall–Kier alpha value is -0.750. The first-order valence-corrected chi connectivity index (χ1v) is 9.87. The van der Waals surface area contributed by atoms with Gasteiger partial charge in [0.05, 0.1) is 6.04 Å². The molecular formula is C17H26ClN3OS. The summed E-state index contributed by atoms with van der Waals surface area (Å²) in [7, 11) is 0. The largest absolute Gasteiger partial charge is 0.352 e. The van der Waals surface area contributed by atoms with E-state index in [1.165, 1.54) is 5.56 Å². The molecule has 1 atom stereocenters. The Labute approximate surface area is 148 Å². The number of piperidine rings is 1. The highest BCUT2D eigenvalue weighted by Gasteiger charge is 2.22. The van der Waals surface area contributed by atoms with Crippen LogP contribution in [0.2, 0.25) is 5.02 Å². The smallest absolute Gasteiger partial charge is 0.237 e. The van der Waals surface area contributed by atoms with E-state index in [9.17, 15) is 4.79 Å². The number of nitrogens with zero attached hydrogens (tertiary/aromatic N) is 1. The highest BCUT2D eigenvalue weighted by atomic mass is 35.5. The number of thioether (sulfide) groups is 1. The number of benzene rings is 1. The molecule has 1 amide bonds. The number of halogens is 1. The first-order chi connectivity index (χ1) is 11.1. The molecule has 1 unspecified atom stereocenters. The van der Waals surface area contributed by atoms with Gasteiger partial charge in [-0.3, -0.25) is 9.69 Å². The molecule has 1 aliphatic rings. The van der Waals surface area contributed by atoms with Crippen LogP contribution in [0.1, 0.15) is 24.8 Å². The van der Waals surface area contributed by atoms with E-state index in [1.54, 1.807) is 11.8 Å². The van der Waals surface area contributed by atoms with Crippen LogP contribution in [-0.2, 0) is 11.3 Å². The van der Waals surface area contributed by atoms with Gasteiger partial charge in [-0.15, -0.1) is 0 Å². The molecule has 0 spiro atoms. The molecule has 0 aromatic heterocycles. The molecule has 3 N–H and O–H groups in total. The van der Waals surface area contributed by atoms with E-state index in [0.29, 0.717) is 0 Å². The van der Waals surface area contributed by atoms with Crippen LogP contribution in [0.25, 0.3) is 0 Å². The molecule has 1 aromatic carbocycles. The molecule has 2 rings (SSSR count). The third-order valence-corrected chi connectivity index (χ3v) is 5.12. The van der Waals surface area contributed by atoms with Gasteiger partial charge in [-0.05, 0) is 49.0 Å². The van der Waals surface area contributed by atoms with Crippen molar-refractivity contribution in [2.75, 3.05) is 25.1 Å². The van der Waals surface area contributed by atoms with E-state index >= 15 is 0 Å². The zero-order chi connectivity index (χ0) is 16.7. The van der Waals surface area contributed by atoms with Gasteiger partial charge >= 0.3 is 0 Å². The molecule has 0 aliphatic carbocycles. The van der Waals surface area contributed by atoms with Crippen molar-refractivity contribution >= 4 is 29.3 Å². The van der Waals surface area contributed by atoms with Gasteiger partial charge in [0.1, 0.15) is 0 Å². The highest BCUT2D eigenvalue weighted by Crippen LogP contribution is 2.16. The molecular weight excluding hydrogens is 330 g/mol. The van der Waals surface area contributed by atoms with Crippen molar-refractivity contribution in [3.63, 3.8) is 0 Å². The fraction of sp³-hybridized carbons (Fsp3) is 0.588. The number of carbonyl (C=O) groups is 1. The van der Waals surface area contributed by atoms with Crippen LogP contribution in [0.3, 0.4) is 0 Å². The lowest BCUT2D eigenvalue weighted by atomic mass is 10.0. The van der Waals surface area contributed by atoms with Crippen LogP contribution in [0, 0.1) is 0 Å². The highest BCUT2D eigenvalue weighted by molar-refractivity contribution is 7.98. The van der Waals surface area contributed by atoms with Crippen molar-refractivity contribution in [2.45, 2.75) is 37.9 Å². The molecule has 1 heterocycles. The Morgan fingerprint density at radius 1 is 1.39 bits per heavy atom. The first-order valence-electron chi connectivity index (χ1n) is 8.10. The number of likely N-dealkylation sites (tertiary alicyclic amines) is 1. The molecule has 1 saturated heterocycles. The van der Waals surface area contributed by atoms with E-state index < -0.39 is 0 Å². The van der Waals surface area contributed by atoms with Gasteiger partial charge < -0.3 is 11.1 Å². The second-order valence-corrected chi connectivity index (χ2v) is 7.50. The molecule has 1 aromatic rings. The molecule has 1 aliphatic heterocycles. The summed E-state index contributed by atoms with van der Waals surface area (Å²) in [5.41, 5.74) is 7.19. The maximum atomic E-state index is 12.1. The Balaban J connectivity index is 1.71. The summed E-state index contributed by atoms with van der Waals surface area (Å²) >= 11 is 7.63. The average Bonchev–Trinajstić information content (AvgIpc) is 2.56. The Kier molecular flexibility index (Phi) is 7.70. The van der Waals surface area contributed by atoms with Crippen molar-refractivity contribution < 1.29 is 4.79 Å². The van der Waals surface area contributed by atoms with Crippen molar-refractivity contribution in [1.29, 1.82) is 0 Å². The van der Waals surface area contributed by atoms with Crippen molar-refractivity contribution in [3.05, 3.63) is 34.9 Å². The van der Waals surface area contributed by atoms with Gasteiger partial charge in [0.25, 0.3) is 0 Å². The lowest BCUT2D eigenvalue weighted by Crippen LogP contribution is -2.49. The van der Waals surface area contributed by atoms with Gasteiger partial charge in [0, 0.05) is 30.7 Å². The van der Waals surface area contributed by atoms with Gasteiger partial charge in [0.15, 0.2) is 0 Å². The molecule has 128 valence electrons. The number of rotatable bonds is 7. The molecule has 4 nitrogen and oxygen atoms in total. The fourth-order valence-electron chi connectivity index (χ4n) is 2.77. The van der Waals surface area contributed by atoms with Crippen LogP contribution in [-0.4, -0.2) is 48.0 Å². The fourth-order valence-corrected chi connectivity index (χ4v) is 3.38. The predicted octanol–water partition coefficient (Wildman–Crippen LogP) is 2.50. The Morgan fingerprint density at radius 3 is 2.65 bits per heavy atom. The number of nitrogens with two attached hydrogens (primary N) is 1. The van der Waals surface area contributed by atoms with E-state index in [0.717, 1.165) is 49.7 Å². The van der Waals surface area contributed by atoms with Crippen molar-refractivity contribution in [1.82, 2.24) is 10.2 Å². The van der Waals surface area contributed by atoms with Gasteiger partial charge in [-0.2, -0.15) is 11.8 Å². The molecule has 23 heavy (non-hydrogen) atoms. The minimum absolute atomic E-state index is 0.00444. The topological polar surface area (TPSA) is 58.4 Å². The summed E-state index contributed by atoms with van der Waals surface area (Å²) in [4.78, 5) is 14.5. The molecule has 0 saturated carbocycles.